The second kappa shape index (κ2) is 3.52. The van der Waals surface area contributed by atoms with Gasteiger partial charge in [0.2, 0.25) is 0 Å². The number of rotatable bonds is 1. The maximum atomic E-state index is 9.79. The van der Waals surface area contributed by atoms with Crippen LogP contribution in [0.3, 0.4) is 0 Å². The molecule has 2 nitrogen and oxygen atoms in total. The topological polar surface area (TPSA) is 29.5 Å². The smallest absolute Gasteiger partial charge is 0.122 e. The van der Waals surface area contributed by atoms with Gasteiger partial charge in [-0.1, -0.05) is 20.8 Å². The Bertz CT molecular complexity index is 335. The van der Waals surface area contributed by atoms with E-state index in [0.29, 0.717) is 5.75 Å². The van der Waals surface area contributed by atoms with Crippen molar-refractivity contribution in [2.24, 2.45) is 0 Å². The van der Waals surface area contributed by atoms with E-state index in [2.05, 4.69) is 20.8 Å². The fraction of sp³-hybridized carbons (Fsp3) is 0.500. The SMILES string of the molecule is COc1cc(C(C)(C)C)c(O)cc1C. The predicted octanol–water partition coefficient (Wildman–Crippen LogP) is 3.01. The summed E-state index contributed by atoms with van der Waals surface area (Å²) < 4.78 is 5.22. The molecule has 0 saturated heterocycles. The van der Waals surface area contributed by atoms with Crippen molar-refractivity contribution in [3.8, 4) is 11.5 Å². The van der Waals surface area contributed by atoms with E-state index < -0.39 is 0 Å². The van der Waals surface area contributed by atoms with E-state index in [1.807, 2.05) is 13.0 Å². The van der Waals surface area contributed by atoms with Gasteiger partial charge in [0, 0.05) is 5.56 Å². The molecule has 14 heavy (non-hydrogen) atoms. The number of hydrogen-bond donors (Lipinski definition) is 1. The Hall–Kier alpha value is -1.18. The van der Waals surface area contributed by atoms with E-state index in [-0.39, 0.29) is 5.41 Å². The minimum absolute atomic E-state index is 0.0644. The number of aromatic hydroxyl groups is 1. The van der Waals surface area contributed by atoms with Crippen LogP contribution < -0.4 is 4.74 Å². The van der Waals surface area contributed by atoms with Crippen LogP contribution in [0.25, 0.3) is 0 Å². The molecular weight excluding hydrogens is 176 g/mol. The lowest BCUT2D eigenvalue weighted by atomic mass is 9.85. The molecule has 0 spiro atoms. The summed E-state index contributed by atoms with van der Waals surface area (Å²) >= 11 is 0. The number of aryl methyl sites for hydroxylation is 1. The average Bonchev–Trinajstić information content (AvgIpc) is 2.02. The van der Waals surface area contributed by atoms with E-state index in [1.54, 1.807) is 13.2 Å². The van der Waals surface area contributed by atoms with Crippen LogP contribution in [0.5, 0.6) is 11.5 Å². The van der Waals surface area contributed by atoms with Gasteiger partial charge in [0.05, 0.1) is 7.11 Å². The molecule has 0 aliphatic carbocycles. The first-order chi connectivity index (χ1) is 6.36. The molecule has 0 amide bonds. The lowest BCUT2D eigenvalue weighted by Crippen LogP contribution is -2.11. The quantitative estimate of drug-likeness (QED) is 0.744. The van der Waals surface area contributed by atoms with E-state index in [9.17, 15) is 5.11 Å². The van der Waals surface area contributed by atoms with Gasteiger partial charge in [-0.05, 0) is 30.0 Å². The van der Waals surface area contributed by atoms with Crippen LogP contribution in [0.2, 0.25) is 0 Å². The van der Waals surface area contributed by atoms with Crippen molar-refractivity contribution in [1.82, 2.24) is 0 Å². The van der Waals surface area contributed by atoms with Crippen molar-refractivity contribution in [3.05, 3.63) is 23.3 Å². The Morgan fingerprint density at radius 1 is 1.21 bits per heavy atom. The van der Waals surface area contributed by atoms with Crippen molar-refractivity contribution in [3.63, 3.8) is 0 Å². The van der Waals surface area contributed by atoms with Crippen LogP contribution in [0.4, 0.5) is 0 Å². The number of phenolic OH excluding ortho intramolecular Hbond substituents is 1. The van der Waals surface area contributed by atoms with Gasteiger partial charge in [-0.2, -0.15) is 0 Å². The second-order valence-electron chi connectivity index (χ2n) is 4.59. The summed E-state index contributed by atoms with van der Waals surface area (Å²) in [7, 11) is 1.64. The molecule has 0 atom stereocenters. The van der Waals surface area contributed by atoms with Crippen LogP contribution in [0, 0.1) is 6.92 Å². The number of phenols is 1. The summed E-state index contributed by atoms with van der Waals surface area (Å²) in [5, 5.41) is 9.79. The number of benzene rings is 1. The van der Waals surface area contributed by atoms with Crippen LogP contribution in [0.15, 0.2) is 12.1 Å². The minimum atomic E-state index is -0.0644. The van der Waals surface area contributed by atoms with Crippen molar-refractivity contribution in [2.45, 2.75) is 33.1 Å². The summed E-state index contributed by atoms with van der Waals surface area (Å²) in [5.41, 5.74) is 1.81. The zero-order valence-corrected chi connectivity index (χ0v) is 9.51. The maximum absolute atomic E-state index is 9.79. The van der Waals surface area contributed by atoms with Crippen molar-refractivity contribution in [2.75, 3.05) is 7.11 Å². The first-order valence-corrected chi connectivity index (χ1v) is 4.74. The highest BCUT2D eigenvalue weighted by molar-refractivity contribution is 5.47. The molecule has 0 aromatic heterocycles. The van der Waals surface area contributed by atoms with Gasteiger partial charge in [0.15, 0.2) is 0 Å². The van der Waals surface area contributed by atoms with E-state index >= 15 is 0 Å². The third-order valence-electron chi connectivity index (χ3n) is 2.32. The molecule has 1 aromatic rings. The van der Waals surface area contributed by atoms with E-state index in [0.717, 1.165) is 16.9 Å². The lowest BCUT2D eigenvalue weighted by molar-refractivity contribution is 0.402. The number of ether oxygens (including phenoxy) is 1. The van der Waals surface area contributed by atoms with Gasteiger partial charge in [-0.15, -0.1) is 0 Å². The van der Waals surface area contributed by atoms with Crippen LogP contribution >= 0.6 is 0 Å². The maximum Gasteiger partial charge on any atom is 0.122 e. The van der Waals surface area contributed by atoms with Crippen molar-refractivity contribution < 1.29 is 9.84 Å². The molecule has 1 N–H and O–H groups in total. The molecule has 0 radical (unpaired) electrons. The fourth-order valence-corrected chi connectivity index (χ4v) is 1.49. The molecule has 0 heterocycles. The summed E-state index contributed by atoms with van der Waals surface area (Å²) in [6, 6.07) is 3.66. The zero-order chi connectivity index (χ0) is 10.9. The van der Waals surface area contributed by atoms with Crippen LogP contribution in [0.1, 0.15) is 31.9 Å². The summed E-state index contributed by atoms with van der Waals surface area (Å²) in [6.07, 6.45) is 0. The van der Waals surface area contributed by atoms with Gasteiger partial charge in [-0.25, -0.2) is 0 Å². The third-order valence-corrected chi connectivity index (χ3v) is 2.32. The van der Waals surface area contributed by atoms with Gasteiger partial charge < -0.3 is 9.84 Å². The molecule has 2 heteroatoms. The number of hydrogen-bond acceptors (Lipinski definition) is 2. The van der Waals surface area contributed by atoms with Crippen molar-refractivity contribution >= 4 is 0 Å². The molecule has 0 saturated carbocycles. The minimum Gasteiger partial charge on any atom is -0.508 e. The number of methoxy groups -OCH3 is 1. The zero-order valence-electron chi connectivity index (χ0n) is 9.51. The first-order valence-electron chi connectivity index (χ1n) is 4.74. The normalized spacial score (nSPS) is 11.5. The van der Waals surface area contributed by atoms with E-state index in [4.69, 9.17) is 4.74 Å². The molecule has 78 valence electrons. The highest BCUT2D eigenvalue weighted by Gasteiger charge is 2.19. The van der Waals surface area contributed by atoms with Gasteiger partial charge >= 0.3 is 0 Å². The summed E-state index contributed by atoms with van der Waals surface area (Å²) in [5.74, 6) is 1.17. The van der Waals surface area contributed by atoms with Crippen molar-refractivity contribution in [1.29, 1.82) is 0 Å². The Labute approximate surface area is 85.5 Å². The average molecular weight is 194 g/mol. The highest BCUT2D eigenvalue weighted by Crippen LogP contribution is 2.35. The largest absolute Gasteiger partial charge is 0.508 e. The third kappa shape index (κ3) is 2.00. The molecule has 1 aromatic carbocycles. The van der Waals surface area contributed by atoms with Crippen LogP contribution in [-0.4, -0.2) is 12.2 Å². The van der Waals surface area contributed by atoms with E-state index in [1.165, 1.54) is 0 Å². The molecule has 0 unspecified atom stereocenters. The Morgan fingerprint density at radius 3 is 2.21 bits per heavy atom. The predicted molar refractivity (Wildman–Crippen MR) is 58.1 cm³/mol. The molecule has 0 aliphatic rings. The summed E-state index contributed by atoms with van der Waals surface area (Å²) in [4.78, 5) is 0. The standard InChI is InChI=1S/C12H18O2/c1-8-6-10(13)9(12(2,3)4)7-11(8)14-5/h6-7,13H,1-5H3. The van der Waals surface area contributed by atoms with Crippen LogP contribution in [-0.2, 0) is 5.41 Å². The Balaban J connectivity index is 3.32. The molecule has 1 rings (SSSR count). The van der Waals surface area contributed by atoms with Gasteiger partial charge in [0.1, 0.15) is 11.5 Å². The Morgan fingerprint density at radius 2 is 1.79 bits per heavy atom. The lowest BCUT2D eigenvalue weighted by Gasteiger charge is -2.21. The molecule has 0 bridgehead atoms. The first kappa shape index (κ1) is 10.9. The molecule has 0 aliphatic heterocycles. The summed E-state index contributed by atoms with van der Waals surface area (Å²) in [6.45, 7) is 8.12. The van der Waals surface area contributed by atoms with Gasteiger partial charge in [-0.3, -0.25) is 0 Å². The van der Waals surface area contributed by atoms with Gasteiger partial charge in [0.25, 0.3) is 0 Å². The highest BCUT2D eigenvalue weighted by atomic mass is 16.5. The molecular formula is C12H18O2. The Kier molecular flexibility index (Phi) is 2.74. The molecule has 0 fully saturated rings. The monoisotopic (exact) mass is 194 g/mol. The second-order valence-corrected chi connectivity index (χ2v) is 4.59. The fourth-order valence-electron chi connectivity index (χ4n) is 1.49.